The first-order valence-electron chi connectivity index (χ1n) is 6.69. The molecular weight excluding hydrogens is 244 g/mol. The molecule has 2 heterocycles. The molecule has 0 spiro atoms. The molecular formula is C14H18N2OS. The summed E-state index contributed by atoms with van der Waals surface area (Å²) in [6, 6.07) is 0. The Bertz CT molecular complexity index is 608. The molecule has 1 fully saturated rings. The van der Waals surface area contributed by atoms with Crippen LogP contribution >= 0.6 is 11.3 Å². The maximum atomic E-state index is 12.3. The fourth-order valence-corrected chi connectivity index (χ4v) is 3.79. The Kier molecular flexibility index (Phi) is 3.20. The lowest BCUT2D eigenvalue weighted by atomic mass is 9.89. The minimum atomic E-state index is 0.142. The third-order valence-electron chi connectivity index (χ3n) is 3.90. The molecule has 0 unspecified atom stereocenters. The first-order valence-corrected chi connectivity index (χ1v) is 7.57. The summed E-state index contributed by atoms with van der Waals surface area (Å²) in [5.41, 5.74) is 2.13. The van der Waals surface area contributed by atoms with Crippen LogP contribution in [-0.2, 0) is 6.54 Å². The second-order valence-electron chi connectivity index (χ2n) is 5.30. The highest BCUT2D eigenvalue weighted by atomic mass is 32.1. The standard InChI is InChI=1S/C14H18N2OS/c1-10-8-18-13-12(10)15-9-16(14(13)17)7-11-5-3-2-4-6-11/h8-9,11H,2-7H2,1H3. The van der Waals surface area contributed by atoms with Crippen molar-refractivity contribution in [3.05, 3.63) is 27.6 Å². The third kappa shape index (κ3) is 2.09. The summed E-state index contributed by atoms with van der Waals surface area (Å²) in [6.45, 7) is 2.86. The average molecular weight is 262 g/mol. The summed E-state index contributed by atoms with van der Waals surface area (Å²) in [4.78, 5) is 16.8. The van der Waals surface area contributed by atoms with Crippen molar-refractivity contribution in [3.8, 4) is 0 Å². The number of fused-ring (bicyclic) bond motifs is 1. The number of aromatic nitrogens is 2. The van der Waals surface area contributed by atoms with Gasteiger partial charge in [0.15, 0.2) is 0 Å². The highest BCUT2D eigenvalue weighted by molar-refractivity contribution is 7.17. The van der Waals surface area contributed by atoms with Crippen molar-refractivity contribution in [3.63, 3.8) is 0 Å². The van der Waals surface area contributed by atoms with E-state index in [9.17, 15) is 4.79 Å². The average Bonchev–Trinajstić information content (AvgIpc) is 2.77. The van der Waals surface area contributed by atoms with Crippen molar-refractivity contribution < 1.29 is 0 Å². The maximum absolute atomic E-state index is 12.3. The van der Waals surface area contributed by atoms with Crippen LogP contribution in [0.5, 0.6) is 0 Å². The lowest BCUT2D eigenvalue weighted by molar-refractivity contribution is 0.315. The van der Waals surface area contributed by atoms with Crippen LogP contribution in [0.3, 0.4) is 0 Å². The van der Waals surface area contributed by atoms with Gasteiger partial charge in [0.2, 0.25) is 0 Å². The van der Waals surface area contributed by atoms with E-state index in [4.69, 9.17) is 0 Å². The Morgan fingerprint density at radius 1 is 1.39 bits per heavy atom. The van der Waals surface area contributed by atoms with Gasteiger partial charge in [-0.3, -0.25) is 9.36 Å². The summed E-state index contributed by atoms with van der Waals surface area (Å²) >= 11 is 1.52. The van der Waals surface area contributed by atoms with E-state index >= 15 is 0 Å². The number of rotatable bonds is 2. The fourth-order valence-electron chi connectivity index (χ4n) is 2.84. The van der Waals surface area contributed by atoms with E-state index in [1.807, 2.05) is 16.9 Å². The smallest absolute Gasteiger partial charge is 0.271 e. The second-order valence-corrected chi connectivity index (χ2v) is 6.18. The highest BCUT2D eigenvalue weighted by Crippen LogP contribution is 2.25. The van der Waals surface area contributed by atoms with Crippen LogP contribution in [-0.4, -0.2) is 9.55 Å². The zero-order valence-corrected chi connectivity index (χ0v) is 11.5. The summed E-state index contributed by atoms with van der Waals surface area (Å²) in [7, 11) is 0. The monoisotopic (exact) mass is 262 g/mol. The second kappa shape index (κ2) is 4.84. The van der Waals surface area contributed by atoms with Crippen molar-refractivity contribution in [2.24, 2.45) is 5.92 Å². The van der Waals surface area contributed by atoms with Crippen LogP contribution in [0, 0.1) is 12.8 Å². The molecule has 0 bridgehead atoms. The van der Waals surface area contributed by atoms with Gasteiger partial charge in [-0.25, -0.2) is 4.98 Å². The highest BCUT2D eigenvalue weighted by Gasteiger charge is 2.16. The molecule has 1 aliphatic carbocycles. The topological polar surface area (TPSA) is 34.9 Å². The lowest BCUT2D eigenvalue weighted by Crippen LogP contribution is -2.25. The maximum Gasteiger partial charge on any atom is 0.271 e. The molecule has 3 rings (SSSR count). The molecule has 2 aromatic heterocycles. The molecule has 2 aromatic rings. The van der Waals surface area contributed by atoms with Gasteiger partial charge in [-0.1, -0.05) is 19.3 Å². The molecule has 0 amide bonds. The Balaban J connectivity index is 1.92. The van der Waals surface area contributed by atoms with Gasteiger partial charge in [0.1, 0.15) is 4.70 Å². The van der Waals surface area contributed by atoms with Gasteiger partial charge < -0.3 is 0 Å². The lowest BCUT2D eigenvalue weighted by Gasteiger charge is -2.21. The summed E-state index contributed by atoms with van der Waals surface area (Å²) in [5, 5.41) is 2.02. The zero-order chi connectivity index (χ0) is 12.5. The van der Waals surface area contributed by atoms with Gasteiger partial charge in [0, 0.05) is 6.54 Å². The van der Waals surface area contributed by atoms with Gasteiger partial charge >= 0.3 is 0 Å². The Morgan fingerprint density at radius 2 is 2.17 bits per heavy atom. The molecule has 4 heteroatoms. The van der Waals surface area contributed by atoms with Crippen molar-refractivity contribution in [1.29, 1.82) is 0 Å². The van der Waals surface area contributed by atoms with Crippen molar-refractivity contribution in [1.82, 2.24) is 9.55 Å². The summed E-state index contributed by atoms with van der Waals surface area (Å²) in [6.07, 6.45) is 8.23. The minimum absolute atomic E-state index is 0.142. The molecule has 1 aliphatic rings. The minimum Gasteiger partial charge on any atom is -0.298 e. The van der Waals surface area contributed by atoms with Crippen molar-refractivity contribution in [2.75, 3.05) is 0 Å². The number of hydrogen-bond donors (Lipinski definition) is 0. The van der Waals surface area contributed by atoms with Gasteiger partial charge in [-0.2, -0.15) is 0 Å². The predicted octanol–water partition coefficient (Wildman–Crippen LogP) is 3.35. The van der Waals surface area contributed by atoms with E-state index in [-0.39, 0.29) is 5.56 Å². The van der Waals surface area contributed by atoms with Crippen molar-refractivity contribution >= 4 is 21.6 Å². The van der Waals surface area contributed by atoms with E-state index in [2.05, 4.69) is 4.98 Å². The van der Waals surface area contributed by atoms with Crippen LogP contribution in [0.4, 0.5) is 0 Å². The normalized spacial score (nSPS) is 17.4. The molecule has 1 saturated carbocycles. The fraction of sp³-hybridized carbons (Fsp3) is 0.571. The van der Waals surface area contributed by atoms with Crippen molar-refractivity contribution in [2.45, 2.75) is 45.6 Å². The third-order valence-corrected chi connectivity index (χ3v) is 4.98. The molecule has 0 atom stereocenters. The molecule has 0 aliphatic heterocycles. The SMILES string of the molecule is Cc1csc2c(=O)n(CC3CCCCC3)cnc12. The van der Waals surface area contributed by atoms with Gasteiger partial charge in [-0.05, 0) is 36.6 Å². The van der Waals surface area contributed by atoms with E-state index in [1.54, 1.807) is 6.33 Å². The molecule has 0 radical (unpaired) electrons. The van der Waals surface area contributed by atoms with E-state index in [1.165, 1.54) is 43.4 Å². The molecule has 96 valence electrons. The predicted molar refractivity (Wildman–Crippen MR) is 75.2 cm³/mol. The summed E-state index contributed by atoms with van der Waals surface area (Å²) in [5.74, 6) is 0.664. The Morgan fingerprint density at radius 3 is 2.94 bits per heavy atom. The molecule has 3 nitrogen and oxygen atoms in total. The van der Waals surface area contributed by atoms with Gasteiger partial charge in [-0.15, -0.1) is 11.3 Å². The van der Waals surface area contributed by atoms with Crippen LogP contribution in [0.2, 0.25) is 0 Å². The van der Waals surface area contributed by atoms with E-state index < -0.39 is 0 Å². The van der Waals surface area contributed by atoms with Gasteiger partial charge in [0.05, 0.1) is 11.8 Å². The van der Waals surface area contributed by atoms with Crippen LogP contribution in [0.1, 0.15) is 37.7 Å². The largest absolute Gasteiger partial charge is 0.298 e. The van der Waals surface area contributed by atoms with Gasteiger partial charge in [0.25, 0.3) is 5.56 Å². The number of nitrogens with zero attached hydrogens (tertiary/aromatic N) is 2. The van der Waals surface area contributed by atoms with Crippen LogP contribution in [0.15, 0.2) is 16.5 Å². The molecule has 0 aromatic carbocycles. The number of aryl methyl sites for hydroxylation is 1. The van der Waals surface area contributed by atoms with Crippen LogP contribution in [0.25, 0.3) is 10.2 Å². The Hall–Kier alpha value is -1.16. The number of hydrogen-bond acceptors (Lipinski definition) is 3. The zero-order valence-electron chi connectivity index (χ0n) is 10.7. The van der Waals surface area contributed by atoms with E-state index in [0.717, 1.165) is 22.3 Å². The first-order chi connectivity index (χ1) is 8.75. The molecule has 0 saturated heterocycles. The summed E-state index contributed by atoms with van der Waals surface area (Å²) < 4.78 is 2.62. The molecule has 0 N–H and O–H groups in total. The molecule has 18 heavy (non-hydrogen) atoms. The first kappa shape index (κ1) is 11.9. The quantitative estimate of drug-likeness (QED) is 0.832. The van der Waals surface area contributed by atoms with E-state index in [0.29, 0.717) is 5.92 Å². The number of thiophene rings is 1. The Labute approximate surface area is 110 Å². The van der Waals surface area contributed by atoms with Crippen LogP contribution < -0.4 is 5.56 Å².